The third-order valence-electron chi connectivity index (χ3n) is 5.36. The van der Waals surface area contributed by atoms with E-state index in [2.05, 4.69) is 57.9 Å². The van der Waals surface area contributed by atoms with Crippen LogP contribution in [0.15, 0.2) is 48.0 Å². The molecule has 0 amide bonds. The molecule has 3 aromatic rings. The maximum atomic E-state index is 3.47. The summed E-state index contributed by atoms with van der Waals surface area (Å²) < 4.78 is 0. The highest BCUT2D eigenvalue weighted by Gasteiger charge is 2.28. The Morgan fingerprint density at radius 1 is 1.22 bits per heavy atom. The van der Waals surface area contributed by atoms with E-state index < -0.39 is 0 Å². The molecule has 0 spiro atoms. The van der Waals surface area contributed by atoms with Crippen molar-refractivity contribution in [2.75, 3.05) is 13.1 Å². The SMILES string of the molecule is C1=C(c2c[nH]c3ccc(-c4cccs4)cc23)CC2CCCN2C1. The van der Waals surface area contributed by atoms with Crippen LogP contribution in [0.5, 0.6) is 0 Å². The second kappa shape index (κ2) is 5.36. The summed E-state index contributed by atoms with van der Waals surface area (Å²) in [5, 5.41) is 3.52. The Morgan fingerprint density at radius 2 is 2.22 bits per heavy atom. The van der Waals surface area contributed by atoms with Crippen LogP contribution in [0.2, 0.25) is 0 Å². The summed E-state index contributed by atoms with van der Waals surface area (Å²) in [7, 11) is 0. The first-order valence-corrected chi connectivity index (χ1v) is 9.35. The summed E-state index contributed by atoms with van der Waals surface area (Å²) >= 11 is 1.81. The molecule has 1 atom stereocenters. The summed E-state index contributed by atoms with van der Waals surface area (Å²) in [6, 6.07) is 11.9. The van der Waals surface area contributed by atoms with Gasteiger partial charge in [-0.15, -0.1) is 11.3 Å². The number of benzene rings is 1. The fourth-order valence-electron chi connectivity index (χ4n) is 4.13. The predicted octanol–water partition coefficient (Wildman–Crippen LogP) is 5.15. The molecule has 4 heterocycles. The van der Waals surface area contributed by atoms with Gasteiger partial charge in [-0.2, -0.15) is 0 Å². The van der Waals surface area contributed by atoms with Crippen LogP contribution in [0.4, 0.5) is 0 Å². The molecule has 2 aliphatic heterocycles. The summed E-state index contributed by atoms with van der Waals surface area (Å²) in [6.45, 7) is 2.40. The van der Waals surface area contributed by atoms with Crippen molar-refractivity contribution in [1.82, 2.24) is 9.88 Å². The lowest BCUT2D eigenvalue weighted by molar-refractivity contribution is 0.275. The molecule has 0 bridgehead atoms. The van der Waals surface area contributed by atoms with Crippen molar-refractivity contribution in [3.8, 4) is 10.4 Å². The monoisotopic (exact) mass is 320 g/mol. The third-order valence-corrected chi connectivity index (χ3v) is 6.28. The number of hydrogen-bond acceptors (Lipinski definition) is 2. The smallest absolute Gasteiger partial charge is 0.0460 e. The van der Waals surface area contributed by atoms with Crippen LogP contribution in [0.3, 0.4) is 0 Å². The number of thiophene rings is 1. The van der Waals surface area contributed by atoms with E-state index in [9.17, 15) is 0 Å². The minimum atomic E-state index is 0.764. The molecule has 2 nitrogen and oxygen atoms in total. The Bertz CT molecular complexity index is 872. The van der Waals surface area contributed by atoms with E-state index in [1.807, 2.05) is 11.3 Å². The zero-order chi connectivity index (χ0) is 15.2. The van der Waals surface area contributed by atoms with Crippen LogP contribution in [0, 0.1) is 0 Å². The van der Waals surface area contributed by atoms with Crippen molar-refractivity contribution in [2.24, 2.45) is 0 Å². The molecule has 3 heteroatoms. The number of nitrogens with zero attached hydrogens (tertiary/aromatic N) is 1. The zero-order valence-electron chi connectivity index (χ0n) is 13.1. The Labute approximate surface area is 140 Å². The first-order chi connectivity index (χ1) is 11.4. The molecule has 0 radical (unpaired) electrons. The van der Waals surface area contributed by atoms with Gasteiger partial charge in [-0.25, -0.2) is 0 Å². The molecule has 5 rings (SSSR count). The van der Waals surface area contributed by atoms with Crippen LogP contribution in [-0.2, 0) is 0 Å². The molecule has 1 unspecified atom stereocenters. The molecule has 0 aliphatic carbocycles. The molecule has 116 valence electrons. The summed E-state index contributed by atoms with van der Waals surface area (Å²) in [6.07, 6.45) is 8.58. The molecule has 1 fully saturated rings. The van der Waals surface area contributed by atoms with Gasteiger partial charge in [0.1, 0.15) is 0 Å². The molecule has 0 saturated carbocycles. The van der Waals surface area contributed by atoms with E-state index >= 15 is 0 Å². The molecule has 1 aromatic carbocycles. The number of hydrogen-bond donors (Lipinski definition) is 1. The van der Waals surface area contributed by atoms with Crippen LogP contribution in [0.1, 0.15) is 24.8 Å². The Morgan fingerprint density at radius 3 is 3.13 bits per heavy atom. The number of aromatic amines is 1. The van der Waals surface area contributed by atoms with Gasteiger partial charge >= 0.3 is 0 Å². The van der Waals surface area contributed by atoms with E-state index in [1.165, 1.54) is 58.3 Å². The second-order valence-corrected chi connectivity index (χ2v) is 7.61. The second-order valence-electron chi connectivity index (χ2n) is 6.66. The molecule has 1 N–H and O–H groups in total. The van der Waals surface area contributed by atoms with Gasteiger partial charge < -0.3 is 4.98 Å². The van der Waals surface area contributed by atoms with Gasteiger partial charge in [0, 0.05) is 40.1 Å². The summed E-state index contributed by atoms with van der Waals surface area (Å²) in [4.78, 5) is 7.45. The highest BCUT2D eigenvalue weighted by atomic mass is 32.1. The quantitative estimate of drug-likeness (QED) is 0.692. The average molecular weight is 320 g/mol. The van der Waals surface area contributed by atoms with Crippen LogP contribution < -0.4 is 0 Å². The van der Waals surface area contributed by atoms with Crippen LogP contribution in [0.25, 0.3) is 26.9 Å². The molecular formula is C20H20N2S. The van der Waals surface area contributed by atoms with E-state index in [0.29, 0.717) is 0 Å². The van der Waals surface area contributed by atoms with Crippen molar-refractivity contribution in [3.63, 3.8) is 0 Å². The molecule has 23 heavy (non-hydrogen) atoms. The lowest BCUT2D eigenvalue weighted by Crippen LogP contribution is -2.32. The van der Waals surface area contributed by atoms with Crippen molar-refractivity contribution in [2.45, 2.75) is 25.3 Å². The fraction of sp³-hybridized carbons (Fsp3) is 0.300. The topological polar surface area (TPSA) is 19.0 Å². The van der Waals surface area contributed by atoms with E-state index in [4.69, 9.17) is 0 Å². The lowest BCUT2D eigenvalue weighted by Gasteiger charge is -2.29. The third kappa shape index (κ3) is 2.27. The standard InChI is InChI=1S/C20H20N2S/c1-3-16-11-14(7-9-22(16)8-1)18-13-21-19-6-5-15(12-17(18)19)20-4-2-10-23-20/h2,4-7,10,12-13,16,21H,1,3,8-9,11H2. The number of fused-ring (bicyclic) bond motifs is 2. The molecule has 1 saturated heterocycles. The van der Waals surface area contributed by atoms with Gasteiger partial charge in [0.25, 0.3) is 0 Å². The number of aromatic nitrogens is 1. The Kier molecular flexibility index (Phi) is 3.17. The van der Waals surface area contributed by atoms with Gasteiger partial charge in [0.2, 0.25) is 0 Å². The summed E-state index contributed by atoms with van der Waals surface area (Å²) in [5.41, 5.74) is 5.51. The van der Waals surface area contributed by atoms with Crippen LogP contribution >= 0.6 is 11.3 Å². The molecular weight excluding hydrogens is 300 g/mol. The summed E-state index contributed by atoms with van der Waals surface area (Å²) in [5.74, 6) is 0. The van der Waals surface area contributed by atoms with Gasteiger partial charge in [0.05, 0.1) is 0 Å². The van der Waals surface area contributed by atoms with Gasteiger partial charge in [0.15, 0.2) is 0 Å². The normalized spacial score (nSPS) is 21.6. The average Bonchev–Trinajstić information content (AvgIpc) is 3.32. The maximum Gasteiger partial charge on any atom is 0.0460 e. The van der Waals surface area contributed by atoms with Crippen LogP contribution in [-0.4, -0.2) is 29.0 Å². The van der Waals surface area contributed by atoms with Crippen molar-refractivity contribution >= 4 is 27.8 Å². The zero-order valence-corrected chi connectivity index (χ0v) is 13.9. The van der Waals surface area contributed by atoms with Crippen molar-refractivity contribution in [1.29, 1.82) is 0 Å². The lowest BCUT2D eigenvalue weighted by atomic mass is 9.93. The molecule has 2 aliphatic rings. The van der Waals surface area contributed by atoms with Gasteiger partial charge in [-0.3, -0.25) is 4.90 Å². The van der Waals surface area contributed by atoms with E-state index in [1.54, 1.807) is 0 Å². The highest BCUT2D eigenvalue weighted by molar-refractivity contribution is 7.13. The van der Waals surface area contributed by atoms with E-state index in [-0.39, 0.29) is 0 Å². The first-order valence-electron chi connectivity index (χ1n) is 8.47. The van der Waals surface area contributed by atoms with E-state index in [0.717, 1.165) is 12.6 Å². The Balaban J connectivity index is 1.58. The van der Waals surface area contributed by atoms with Crippen molar-refractivity contribution < 1.29 is 0 Å². The number of rotatable bonds is 2. The predicted molar refractivity (Wildman–Crippen MR) is 98.8 cm³/mol. The number of nitrogens with one attached hydrogen (secondary N) is 1. The minimum absolute atomic E-state index is 0.764. The fourth-order valence-corrected chi connectivity index (χ4v) is 4.86. The highest BCUT2D eigenvalue weighted by Crippen LogP contribution is 2.36. The van der Waals surface area contributed by atoms with Gasteiger partial charge in [-0.05, 0) is 60.5 Å². The number of H-pyrrole nitrogens is 1. The molecule has 2 aromatic heterocycles. The van der Waals surface area contributed by atoms with Gasteiger partial charge in [-0.1, -0.05) is 18.2 Å². The Hall–Kier alpha value is -1.84. The van der Waals surface area contributed by atoms with Crippen molar-refractivity contribution in [3.05, 3.63) is 53.5 Å². The first kappa shape index (κ1) is 13.6. The largest absolute Gasteiger partial charge is 0.361 e. The maximum absolute atomic E-state index is 3.47. The minimum Gasteiger partial charge on any atom is -0.361 e.